The number of thiophene rings is 1. The number of esters is 1. The number of nitrogen functional groups attached to an aromatic ring is 1. The van der Waals surface area contributed by atoms with Gasteiger partial charge in [0.1, 0.15) is 17.7 Å². The van der Waals surface area contributed by atoms with Crippen LogP contribution in [0, 0.1) is 0 Å². The average molecular weight is 333 g/mol. The van der Waals surface area contributed by atoms with Crippen molar-refractivity contribution in [3.8, 4) is 5.75 Å². The van der Waals surface area contributed by atoms with Gasteiger partial charge in [0.15, 0.2) is 6.20 Å². The van der Waals surface area contributed by atoms with E-state index in [1.54, 1.807) is 7.11 Å². The molecule has 122 valence electrons. The zero-order chi connectivity index (χ0) is 17.1. The lowest BCUT2D eigenvalue weighted by Gasteiger charge is -2.02. The molecule has 0 fully saturated rings. The maximum absolute atomic E-state index is 11.8. The minimum absolute atomic E-state index is 0.410. The van der Waals surface area contributed by atoms with Crippen LogP contribution in [0.5, 0.6) is 5.75 Å². The highest BCUT2D eigenvalue weighted by molar-refractivity contribution is 7.22. The first-order valence-electron chi connectivity index (χ1n) is 7.33. The predicted octanol–water partition coefficient (Wildman–Crippen LogP) is 3.28. The second kappa shape index (κ2) is 6.83. The van der Waals surface area contributed by atoms with Crippen LogP contribution in [0.1, 0.15) is 23.5 Å². The van der Waals surface area contributed by atoms with Gasteiger partial charge >= 0.3 is 5.97 Å². The molecule has 0 radical (unpaired) electrons. The van der Waals surface area contributed by atoms with E-state index in [4.69, 9.17) is 15.2 Å². The maximum atomic E-state index is 11.8. The minimum Gasteiger partial charge on any atom is -0.497 e. The third kappa shape index (κ3) is 2.82. The molecule has 23 heavy (non-hydrogen) atoms. The average Bonchev–Trinajstić information content (AvgIpc) is 2.93. The normalized spacial score (nSPS) is 10.3. The molecular formula is C17H21N2O3S+. The van der Waals surface area contributed by atoms with Crippen LogP contribution in [0.4, 0.5) is 5.69 Å². The number of nitrogens with two attached hydrogens (primary N) is 1. The smallest absolute Gasteiger partial charge is 0.350 e. The molecule has 3 aromatic rings. The van der Waals surface area contributed by atoms with Crippen LogP contribution in [0.3, 0.4) is 0 Å². The van der Waals surface area contributed by atoms with E-state index in [2.05, 4.69) is 0 Å². The molecule has 6 heteroatoms. The van der Waals surface area contributed by atoms with Crippen molar-refractivity contribution in [2.45, 2.75) is 13.8 Å². The summed E-state index contributed by atoms with van der Waals surface area (Å²) in [5.74, 6) is 0.356. The van der Waals surface area contributed by atoms with Crippen LogP contribution in [0.25, 0.3) is 21.0 Å². The number of ether oxygens (including phenoxy) is 2. The molecule has 0 aliphatic rings. The Hall–Kier alpha value is -2.34. The number of aromatic nitrogens is 1. The van der Waals surface area contributed by atoms with E-state index < -0.39 is 5.97 Å². The summed E-state index contributed by atoms with van der Waals surface area (Å²) in [5, 5.41) is 1.85. The van der Waals surface area contributed by atoms with Crippen LogP contribution in [-0.2, 0) is 11.8 Å². The molecule has 2 N–H and O–H groups in total. The van der Waals surface area contributed by atoms with E-state index in [1.807, 2.05) is 49.9 Å². The van der Waals surface area contributed by atoms with Gasteiger partial charge in [-0.2, -0.15) is 0 Å². The van der Waals surface area contributed by atoms with Crippen LogP contribution in [-0.4, -0.2) is 20.2 Å². The number of anilines is 1. The number of hydrogen-bond donors (Lipinski definition) is 1. The van der Waals surface area contributed by atoms with Gasteiger partial charge in [-0.15, -0.1) is 11.3 Å². The van der Waals surface area contributed by atoms with Crippen molar-refractivity contribution in [1.29, 1.82) is 0 Å². The van der Waals surface area contributed by atoms with Gasteiger partial charge in [-0.1, -0.05) is 13.8 Å². The summed E-state index contributed by atoms with van der Waals surface area (Å²) in [7, 11) is 4.93. The van der Waals surface area contributed by atoms with Gasteiger partial charge in [-0.3, -0.25) is 0 Å². The van der Waals surface area contributed by atoms with Crippen molar-refractivity contribution in [2.75, 3.05) is 20.0 Å². The Labute approximate surface area is 139 Å². The largest absolute Gasteiger partial charge is 0.497 e. The summed E-state index contributed by atoms with van der Waals surface area (Å²) in [6, 6.07) is 5.85. The van der Waals surface area contributed by atoms with Crippen molar-refractivity contribution in [1.82, 2.24) is 0 Å². The van der Waals surface area contributed by atoms with Gasteiger partial charge in [0.05, 0.1) is 35.4 Å². The first-order chi connectivity index (χ1) is 11.1. The highest BCUT2D eigenvalue weighted by Gasteiger charge is 2.22. The SMILES string of the molecule is CC.COC(=O)c1sc2c(c[n+](C)c3ccc(OC)cc23)c1N. The van der Waals surface area contributed by atoms with Gasteiger partial charge in [-0.25, -0.2) is 9.36 Å². The Morgan fingerprint density at radius 2 is 1.91 bits per heavy atom. The van der Waals surface area contributed by atoms with Crippen LogP contribution in [0.15, 0.2) is 24.4 Å². The second-order valence-corrected chi connectivity index (χ2v) is 5.72. The Morgan fingerprint density at radius 3 is 2.52 bits per heavy atom. The number of methoxy groups -OCH3 is 2. The van der Waals surface area contributed by atoms with Crippen molar-refractivity contribution < 1.29 is 18.8 Å². The molecule has 0 saturated heterocycles. The number of fused-ring (bicyclic) bond motifs is 3. The molecule has 2 aromatic heterocycles. The van der Waals surface area contributed by atoms with E-state index in [0.717, 1.165) is 26.7 Å². The molecule has 0 spiro atoms. The number of carbonyl (C=O) groups is 1. The van der Waals surface area contributed by atoms with Crippen LogP contribution < -0.4 is 15.0 Å². The van der Waals surface area contributed by atoms with Gasteiger partial charge in [0.2, 0.25) is 5.52 Å². The van der Waals surface area contributed by atoms with Crippen molar-refractivity contribution in [2.24, 2.45) is 7.05 Å². The number of nitrogens with zero attached hydrogens (tertiary/aromatic N) is 1. The predicted molar refractivity (Wildman–Crippen MR) is 94.2 cm³/mol. The highest BCUT2D eigenvalue weighted by Crippen LogP contribution is 2.38. The van der Waals surface area contributed by atoms with E-state index in [0.29, 0.717) is 10.6 Å². The molecule has 1 aromatic carbocycles. The first kappa shape index (κ1) is 17.0. The van der Waals surface area contributed by atoms with Crippen LogP contribution >= 0.6 is 11.3 Å². The molecule has 3 rings (SSSR count). The quantitative estimate of drug-likeness (QED) is 0.577. The number of pyridine rings is 1. The number of rotatable bonds is 2. The molecule has 0 atom stereocenters. The fourth-order valence-electron chi connectivity index (χ4n) is 2.42. The third-order valence-corrected chi connectivity index (χ3v) is 4.74. The molecule has 5 nitrogen and oxygen atoms in total. The van der Waals surface area contributed by atoms with Crippen LogP contribution in [0.2, 0.25) is 0 Å². The van der Waals surface area contributed by atoms with E-state index in [1.165, 1.54) is 18.4 Å². The second-order valence-electron chi connectivity index (χ2n) is 4.70. The zero-order valence-corrected chi connectivity index (χ0v) is 14.8. The van der Waals surface area contributed by atoms with Gasteiger partial charge in [0, 0.05) is 6.07 Å². The van der Waals surface area contributed by atoms with Crippen molar-refractivity contribution >= 4 is 44.0 Å². The molecule has 0 aliphatic heterocycles. The lowest BCUT2D eigenvalue weighted by molar-refractivity contribution is -0.643. The Bertz CT molecular complexity index is 871. The van der Waals surface area contributed by atoms with E-state index >= 15 is 0 Å². The first-order valence-corrected chi connectivity index (χ1v) is 8.15. The van der Waals surface area contributed by atoms with Gasteiger partial charge in [0.25, 0.3) is 0 Å². The maximum Gasteiger partial charge on any atom is 0.350 e. The summed E-state index contributed by atoms with van der Waals surface area (Å²) in [6.07, 6.45) is 1.93. The number of aryl methyl sites for hydroxylation is 1. The Balaban J connectivity index is 0.000000924. The molecule has 0 saturated carbocycles. The lowest BCUT2D eigenvalue weighted by Crippen LogP contribution is -2.28. The summed E-state index contributed by atoms with van der Waals surface area (Å²) in [5.41, 5.74) is 7.61. The molecular weight excluding hydrogens is 312 g/mol. The topological polar surface area (TPSA) is 65.4 Å². The molecule has 2 heterocycles. The molecule has 0 unspecified atom stereocenters. The summed E-state index contributed by atoms with van der Waals surface area (Å²) >= 11 is 1.35. The molecule has 0 bridgehead atoms. The standard InChI is InChI=1S/C15H14N2O3S.C2H6/c1-17-7-10-12(16)14(15(18)20-3)21-13(10)9-6-8(19-2)4-5-11(9)17;1-2/h4-7H,1-3H3,(H-,16,18);1-2H3/p+1. The lowest BCUT2D eigenvalue weighted by atomic mass is 10.1. The summed E-state index contributed by atoms with van der Waals surface area (Å²) in [6.45, 7) is 4.00. The Kier molecular flexibility index (Phi) is 5.05. The number of carbonyl (C=O) groups excluding carboxylic acids is 1. The highest BCUT2D eigenvalue weighted by atomic mass is 32.1. The Morgan fingerprint density at radius 1 is 1.22 bits per heavy atom. The van der Waals surface area contributed by atoms with Crippen molar-refractivity contribution in [3.05, 3.63) is 29.3 Å². The number of hydrogen-bond acceptors (Lipinski definition) is 5. The molecule has 0 aliphatic carbocycles. The molecule has 0 amide bonds. The zero-order valence-electron chi connectivity index (χ0n) is 14.0. The summed E-state index contributed by atoms with van der Waals surface area (Å²) < 4.78 is 13.0. The fraction of sp³-hybridized carbons (Fsp3) is 0.294. The number of benzene rings is 1. The minimum atomic E-state index is -0.410. The van der Waals surface area contributed by atoms with Crippen molar-refractivity contribution in [3.63, 3.8) is 0 Å². The summed E-state index contributed by atoms with van der Waals surface area (Å²) in [4.78, 5) is 12.3. The monoisotopic (exact) mass is 333 g/mol. The van der Waals surface area contributed by atoms with E-state index in [9.17, 15) is 4.79 Å². The van der Waals surface area contributed by atoms with E-state index in [-0.39, 0.29) is 0 Å². The third-order valence-electron chi connectivity index (χ3n) is 3.51. The fourth-order valence-corrected chi connectivity index (χ4v) is 3.56. The van der Waals surface area contributed by atoms with Gasteiger partial charge < -0.3 is 15.2 Å². The van der Waals surface area contributed by atoms with Gasteiger partial charge in [-0.05, 0) is 12.1 Å².